The summed E-state index contributed by atoms with van der Waals surface area (Å²) < 4.78 is 13.2. The quantitative estimate of drug-likeness (QED) is 0.0442. The number of aliphatic carboxylic acids is 2. The molecule has 1 aliphatic rings. The summed E-state index contributed by atoms with van der Waals surface area (Å²) in [7, 11) is -1.12. The number of benzene rings is 5. The van der Waals surface area contributed by atoms with Crippen LogP contribution in [-0.4, -0.2) is 68.5 Å². The molecule has 0 spiro atoms. The van der Waals surface area contributed by atoms with E-state index in [1.165, 1.54) is 28.1 Å². The first kappa shape index (κ1) is 53.9. The maximum absolute atomic E-state index is 11.2. The number of carboxylic acids is 2. The van der Waals surface area contributed by atoms with E-state index in [1.54, 1.807) is 24.3 Å². The second kappa shape index (κ2) is 28.4. The van der Waals surface area contributed by atoms with Crippen LogP contribution in [0, 0.1) is 0 Å². The van der Waals surface area contributed by atoms with E-state index in [-0.39, 0.29) is 64.6 Å². The number of rotatable bonds is 11. The van der Waals surface area contributed by atoms with Crippen molar-refractivity contribution in [1.82, 2.24) is 0 Å². The van der Waals surface area contributed by atoms with Crippen molar-refractivity contribution < 1.29 is 85.1 Å². The molecule has 5 aromatic rings. The first-order valence-corrected chi connectivity index (χ1v) is 21.6. The van der Waals surface area contributed by atoms with Gasteiger partial charge in [0.15, 0.2) is 11.6 Å². The van der Waals surface area contributed by atoms with Crippen molar-refractivity contribution in [2.45, 2.75) is 52.6 Å². The van der Waals surface area contributed by atoms with Gasteiger partial charge in [-0.25, -0.2) is 0 Å². The molecule has 0 amide bonds. The molecular formula is C47H52O9P2Pd2. The van der Waals surface area contributed by atoms with Crippen LogP contribution in [0.1, 0.15) is 40.2 Å². The van der Waals surface area contributed by atoms with Crippen molar-refractivity contribution in [3.63, 3.8) is 0 Å². The molecule has 13 heteroatoms. The Morgan fingerprint density at radius 2 is 0.783 bits per heavy atom. The molecule has 0 aliphatic carbocycles. The zero-order chi connectivity index (χ0) is 42.5. The molecule has 0 aromatic heterocycles. The Balaban J connectivity index is 0.000000600. The summed E-state index contributed by atoms with van der Waals surface area (Å²) in [5, 5.41) is 38.7. The first-order valence-electron chi connectivity index (χ1n) is 18.5. The number of hydrogen-bond donors (Lipinski definition) is 4. The monoisotopic (exact) mass is 1030 g/mol. The van der Waals surface area contributed by atoms with E-state index in [0.717, 1.165) is 38.3 Å². The van der Waals surface area contributed by atoms with Gasteiger partial charge in [-0.2, -0.15) is 0 Å². The summed E-state index contributed by atoms with van der Waals surface area (Å²) in [6, 6.07) is 52.3. The molecule has 9 nitrogen and oxygen atoms in total. The minimum absolute atomic E-state index is 0. The maximum atomic E-state index is 11.2. The van der Waals surface area contributed by atoms with E-state index in [2.05, 4.69) is 135 Å². The fraction of sp³-hybridized carbons (Fsp3) is 0.213. The molecule has 0 saturated carbocycles. The Bertz CT molecular complexity index is 1860. The van der Waals surface area contributed by atoms with Gasteiger partial charge in [-0.05, 0) is 57.8 Å². The number of aliphatic hydroxyl groups excluding tert-OH is 2. The van der Waals surface area contributed by atoms with Gasteiger partial charge in [0, 0.05) is 84.7 Å². The molecule has 6 rings (SSSR count). The number of carboxylic acid groups (broad SMARTS) is 2. The Morgan fingerprint density at radius 3 is 1.05 bits per heavy atom. The summed E-state index contributed by atoms with van der Waals surface area (Å²) in [4.78, 5) is 29.2. The Morgan fingerprint density at radius 1 is 0.517 bits per heavy atom. The third-order valence-electron chi connectivity index (χ3n) is 7.98. The van der Waals surface area contributed by atoms with E-state index >= 15 is 0 Å². The van der Waals surface area contributed by atoms with E-state index < -0.39 is 39.4 Å². The molecule has 4 N–H and O–H groups in total. The molecule has 1 saturated heterocycles. The molecular weight excluding hydrogens is 983 g/mol. The average molecular weight is 1040 g/mol. The van der Waals surface area contributed by atoms with Crippen molar-refractivity contribution in [2.75, 3.05) is 12.3 Å². The maximum Gasteiger partial charge on any atom is 0.300 e. The Kier molecular flexibility index (Phi) is 25.5. The molecule has 0 bridgehead atoms. The van der Waals surface area contributed by atoms with Crippen LogP contribution in [0.5, 0.6) is 0 Å². The van der Waals surface area contributed by atoms with Gasteiger partial charge in [-0.15, -0.1) is 0 Å². The van der Waals surface area contributed by atoms with Gasteiger partial charge >= 0.3 is 0 Å². The summed E-state index contributed by atoms with van der Waals surface area (Å²) in [6.45, 7) is 7.67. The van der Waals surface area contributed by atoms with Crippen molar-refractivity contribution in [1.29, 1.82) is 0 Å². The van der Waals surface area contributed by atoms with Crippen LogP contribution in [-0.2, 0) is 64.7 Å². The molecule has 5 aromatic carbocycles. The van der Waals surface area contributed by atoms with Crippen LogP contribution in [0.3, 0.4) is 0 Å². The number of allylic oxidation sites excluding steroid dienone is 3. The summed E-state index contributed by atoms with van der Waals surface area (Å²) in [5.41, 5.74) is 0.565. The molecule has 2 atom stereocenters. The van der Waals surface area contributed by atoms with Crippen molar-refractivity contribution in [3.05, 3.63) is 175 Å². The predicted octanol–water partition coefficient (Wildman–Crippen LogP) is 8.57. The van der Waals surface area contributed by atoms with Crippen molar-refractivity contribution in [3.8, 4) is 0 Å². The van der Waals surface area contributed by atoms with Gasteiger partial charge in [-0.3, -0.25) is 14.4 Å². The van der Waals surface area contributed by atoms with Gasteiger partial charge in [-0.1, -0.05) is 152 Å². The van der Waals surface area contributed by atoms with Crippen LogP contribution in [0.15, 0.2) is 170 Å². The Hall–Kier alpha value is -4.11. The van der Waals surface area contributed by atoms with E-state index in [9.17, 15) is 9.90 Å². The molecule has 60 heavy (non-hydrogen) atoms. The summed E-state index contributed by atoms with van der Waals surface area (Å²) in [5.74, 6) is -2.90. The fourth-order valence-electron chi connectivity index (χ4n) is 5.80. The van der Waals surface area contributed by atoms with Crippen LogP contribution >= 0.6 is 15.8 Å². The van der Waals surface area contributed by atoms with E-state index in [4.69, 9.17) is 34.4 Å². The predicted molar refractivity (Wildman–Crippen MR) is 237 cm³/mol. The SMILES string of the molecule is C/C(O)=C/C(=O)/C=C(\O)c1ccccc1.CC(=O)O.CC(=O)O.CC1(C)O[C@@H](CP(c2ccccc2)c2ccccc2)[C@H](CP(c2ccccc2)c2ccccc2)O1.[Pd].[Pd]. The van der Waals surface area contributed by atoms with Crippen LogP contribution in [0.25, 0.3) is 5.76 Å². The normalized spacial score (nSPS) is 15.2. The molecule has 324 valence electrons. The molecule has 1 heterocycles. The van der Waals surface area contributed by atoms with Crippen LogP contribution in [0.4, 0.5) is 0 Å². The zero-order valence-corrected chi connectivity index (χ0v) is 38.9. The van der Waals surface area contributed by atoms with Crippen LogP contribution in [0.2, 0.25) is 0 Å². The molecule has 0 radical (unpaired) electrons. The number of aliphatic hydroxyl groups is 2. The third kappa shape index (κ3) is 20.4. The molecule has 0 unspecified atom stereocenters. The first-order chi connectivity index (χ1) is 27.6. The Labute approximate surface area is 383 Å². The van der Waals surface area contributed by atoms with E-state index in [1.807, 2.05) is 6.07 Å². The third-order valence-corrected chi connectivity index (χ3v) is 13.1. The fourth-order valence-corrected chi connectivity index (χ4v) is 10.7. The largest absolute Gasteiger partial charge is 0.512 e. The number of ketones is 1. The summed E-state index contributed by atoms with van der Waals surface area (Å²) in [6.07, 6.45) is 4.07. The topological polar surface area (TPSA) is 151 Å². The molecule has 1 aliphatic heterocycles. The van der Waals surface area contributed by atoms with Gasteiger partial charge < -0.3 is 29.9 Å². The number of ether oxygens (including phenoxy) is 2. The van der Waals surface area contributed by atoms with Gasteiger partial charge in [0.2, 0.25) is 0 Å². The smallest absolute Gasteiger partial charge is 0.300 e. The van der Waals surface area contributed by atoms with Crippen molar-refractivity contribution in [2.24, 2.45) is 0 Å². The minimum Gasteiger partial charge on any atom is -0.512 e. The van der Waals surface area contributed by atoms with Gasteiger partial charge in [0.1, 0.15) is 5.76 Å². The number of carbonyl (C=O) groups excluding carboxylic acids is 1. The zero-order valence-electron chi connectivity index (χ0n) is 34.0. The van der Waals surface area contributed by atoms with Gasteiger partial charge in [0.25, 0.3) is 11.9 Å². The average Bonchev–Trinajstić information content (AvgIpc) is 3.49. The second-order valence-electron chi connectivity index (χ2n) is 13.4. The van der Waals surface area contributed by atoms with Gasteiger partial charge in [0.05, 0.1) is 18.0 Å². The van der Waals surface area contributed by atoms with E-state index in [0.29, 0.717) is 5.56 Å². The standard InChI is InChI=1S/C31H32O2P2.C12H12O3.2C2H4O2.2Pd/c1-31(2)32-29(23-34(25-15-7-3-8-16-25)26-17-9-4-10-18-26)30(33-31)24-35(27-19-11-5-12-20-27)28-21-13-6-14-22-28;1-9(13)7-11(14)8-12(15)10-5-3-2-4-6-10;2*1-2(3)4;;/h3-22,29-30H,23-24H2,1-2H3;2-8,13,15H,1H3;2*1H3,(H,3,4);;/b;9-7-,12-8-;;;;/t29-,30-;;;;;/m0...../s1. The number of hydrogen-bond acceptors (Lipinski definition) is 7. The second-order valence-corrected chi connectivity index (χ2v) is 17.9. The summed E-state index contributed by atoms with van der Waals surface area (Å²) >= 11 is 0. The minimum atomic E-state index is -0.833. The van der Waals surface area contributed by atoms with Crippen LogP contribution < -0.4 is 21.2 Å². The number of carbonyl (C=O) groups is 3. The molecule has 1 fully saturated rings. The van der Waals surface area contributed by atoms with Crippen molar-refractivity contribution >= 4 is 60.5 Å².